The van der Waals surface area contributed by atoms with Crippen LogP contribution in [0, 0.1) is 23.2 Å². The lowest BCUT2D eigenvalue weighted by molar-refractivity contribution is -0.129. The molecule has 26 heavy (non-hydrogen) atoms. The van der Waals surface area contributed by atoms with Crippen LogP contribution in [0.1, 0.15) is 82.3 Å². The van der Waals surface area contributed by atoms with E-state index in [4.69, 9.17) is 4.74 Å². The van der Waals surface area contributed by atoms with E-state index in [0.29, 0.717) is 29.5 Å². The molecule has 0 N–H and O–H groups in total. The first-order valence-corrected chi connectivity index (χ1v) is 10.8. The van der Waals surface area contributed by atoms with Crippen molar-refractivity contribution in [2.45, 2.75) is 77.6 Å². The predicted molar refractivity (Wildman–Crippen MR) is 106 cm³/mol. The molecule has 0 heterocycles. The van der Waals surface area contributed by atoms with Crippen molar-refractivity contribution in [3.8, 4) is 5.75 Å². The van der Waals surface area contributed by atoms with Crippen molar-refractivity contribution in [3.63, 3.8) is 0 Å². The Balaban J connectivity index is 1.62. The van der Waals surface area contributed by atoms with E-state index in [9.17, 15) is 4.79 Å². The molecule has 2 fully saturated rings. The summed E-state index contributed by atoms with van der Waals surface area (Å²) < 4.78 is 5.44. The second-order valence-electron chi connectivity index (χ2n) is 9.24. The van der Waals surface area contributed by atoms with Crippen LogP contribution in [0.3, 0.4) is 0 Å². The third kappa shape index (κ3) is 2.80. The molecule has 0 aromatic heterocycles. The lowest BCUT2D eigenvalue weighted by Crippen LogP contribution is -2.44. The molecule has 0 radical (unpaired) electrons. The lowest BCUT2D eigenvalue weighted by atomic mass is 9.54. The third-order valence-corrected chi connectivity index (χ3v) is 7.96. The van der Waals surface area contributed by atoms with E-state index in [1.54, 1.807) is 12.7 Å². The Morgan fingerprint density at radius 3 is 2.85 bits per heavy atom. The van der Waals surface area contributed by atoms with E-state index in [2.05, 4.69) is 32.0 Å². The zero-order valence-corrected chi connectivity index (χ0v) is 16.7. The molecule has 3 aliphatic rings. The van der Waals surface area contributed by atoms with Gasteiger partial charge in [-0.15, -0.1) is 0 Å². The average Bonchev–Trinajstić information content (AvgIpc) is 2.91. The van der Waals surface area contributed by atoms with Crippen LogP contribution in [-0.2, 0) is 11.2 Å². The van der Waals surface area contributed by atoms with Crippen LogP contribution in [0.5, 0.6) is 5.75 Å². The van der Waals surface area contributed by atoms with Crippen LogP contribution in [0.15, 0.2) is 18.2 Å². The van der Waals surface area contributed by atoms with Gasteiger partial charge in [0.15, 0.2) is 0 Å². The number of methoxy groups -OCH3 is 1. The van der Waals surface area contributed by atoms with Gasteiger partial charge in [-0.3, -0.25) is 4.79 Å². The minimum Gasteiger partial charge on any atom is -0.497 e. The molecule has 0 amide bonds. The van der Waals surface area contributed by atoms with Crippen molar-refractivity contribution in [1.82, 2.24) is 0 Å². The van der Waals surface area contributed by atoms with Crippen LogP contribution in [0.25, 0.3) is 0 Å². The van der Waals surface area contributed by atoms with Crippen molar-refractivity contribution in [1.29, 1.82) is 0 Å². The quantitative estimate of drug-likeness (QED) is 0.613. The van der Waals surface area contributed by atoms with E-state index in [1.807, 2.05) is 0 Å². The van der Waals surface area contributed by atoms with E-state index >= 15 is 0 Å². The lowest BCUT2D eigenvalue weighted by Gasteiger charge is -2.50. The van der Waals surface area contributed by atoms with Crippen LogP contribution >= 0.6 is 0 Å². The minimum absolute atomic E-state index is 0.0397. The molecule has 0 spiro atoms. The topological polar surface area (TPSA) is 26.3 Å². The molecule has 2 heteroatoms. The number of carbonyl (C=O) groups is 1. The molecule has 0 saturated heterocycles. The summed E-state index contributed by atoms with van der Waals surface area (Å²) in [6.07, 6.45) is 10.7. The number of ketones is 1. The first-order chi connectivity index (χ1) is 12.6. The van der Waals surface area contributed by atoms with Crippen molar-refractivity contribution >= 4 is 5.78 Å². The number of rotatable bonds is 5. The van der Waals surface area contributed by atoms with Crippen LogP contribution in [-0.4, -0.2) is 12.9 Å². The summed E-state index contributed by atoms with van der Waals surface area (Å²) in [4.78, 5) is 13.0. The number of unbranched alkanes of at least 4 members (excludes halogenated alkanes) is 2. The molecule has 0 bridgehead atoms. The highest BCUT2D eigenvalue weighted by atomic mass is 16.5. The number of hydrogen-bond donors (Lipinski definition) is 0. The Kier molecular flexibility index (Phi) is 4.88. The van der Waals surface area contributed by atoms with Gasteiger partial charge in [-0.1, -0.05) is 39.2 Å². The SMILES string of the molecule is CCCCCC1CC(=O)C2(C)CCC3c4ccc(OC)cc4CCC3C12. The number of carbonyl (C=O) groups excluding carboxylic acids is 1. The average molecular weight is 355 g/mol. The number of aryl methyl sites for hydroxylation is 1. The van der Waals surface area contributed by atoms with Crippen LogP contribution in [0.4, 0.5) is 0 Å². The molecule has 142 valence electrons. The summed E-state index contributed by atoms with van der Waals surface area (Å²) in [5.41, 5.74) is 3.00. The Hall–Kier alpha value is -1.31. The first-order valence-electron chi connectivity index (χ1n) is 10.8. The maximum atomic E-state index is 13.0. The van der Waals surface area contributed by atoms with Gasteiger partial charge in [0, 0.05) is 11.8 Å². The third-order valence-electron chi connectivity index (χ3n) is 7.96. The highest BCUT2D eigenvalue weighted by Crippen LogP contribution is 2.62. The molecule has 0 aliphatic heterocycles. The highest BCUT2D eigenvalue weighted by Gasteiger charge is 2.58. The van der Waals surface area contributed by atoms with Gasteiger partial charge in [-0.2, -0.15) is 0 Å². The van der Waals surface area contributed by atoms with Gasteiger partial charge in [0.2, 0.25) is 0 Å². The van der Waals surface area contributed by atoms with Gasteiger partial charge in [-0.05, 0) is 79.0 Å². The smallest absolute Gasteiger partial charge is 0.139 e. The Morgan fingerprint density at radius 2 is 2.08 bits per heavy atom. The van der Waals surface area contributed by atoms with Crippen molar-refractivity contribution in [2.75, 3.05) is 7.11 Å². The number of fused-ring (bicyclic) bond motifs is 5. The van der Waals surface area contributed by atoms with Crippen molar-refractivity contribution in [2.24, 2.45) is 23.2 Å². The molecule has 5 unspecified atom stereocenters. The van der Waals surface area contributed by atoms with Gasteiger partial charge in [-0.25, -0.2) is 0 Å². The largest absolute Gasteiger partial charge is 0.497 e. The van der Waals surface area contributed by atoms with Gasteiger partial charge in [0.05, 0.1) is 7.11 Å². The fraction of sp³-hybridized carbons (Fsp3) is 0.708. The summed E-state index contributed by atoms with van der Waals surface area (Å²) in [5.74, 6) is 4.15. The first kappa shape index (κ1) is 18.1. The van der Waals surface area contributed by atoms with Crippen molar-refractivity contribution in [3.05, 3.63) is 29.3 Å². The number of benzene rings is 1. The molecule has 2 nitrogen and oxygen atoms in total. The highest BCUT2D eigenvalue weighted by molar-refractivity contribution is 5.87. The zero-order valence-electron chi connectivity index (χ0n) is 16.7. The molecule has 1 aromatic carbocycles. The Bertz CT molecular complexity index is 679. The van der Waals surface area contributed by atoms with Gasteiger partial charge in [0.25, 0.3) is 0 Å². The van der Waals surface area contributed by atoms with Crippen LogP contribution in [0.2, 0.25) is 0 Å². The fourth-order valence-corrected chi connectivity index (χ4v) is 6.67. The van der Waals surface area contributed by atoms with Gasteiger partial charge in [0.1, 0.15) is 11.5 Å². The molecule has 2 saturated carbocycles. The molecule has 5 atom stereocenters. The number of ether oxygens (including phenoxy) is 1. The van der Waals surface area contributed by atoms with Crippen molar-refractivity contribution < 1.29 is 9.53 Å². The zero-order chi connectivity index (χ0) is 18.3. The predicted octanol–water partition coefficient (Wildman–Crippen LogP) is 5.93. The summed E-state index contributed by atoms with van der Waals surface area (Å²) in [5, 5.41) is 0. The Labute approximate surface area is 158 Å². The maximum Gasteiger partial charge on any atom is 0.139 e. The van der Waals surface area contributed by atoms with Gasteiger partial charge >= 0.3 is 0 Å². The normalized spacial score (nSPS) is 35.6. The monoisotopic (exact) mass is 354 g/mol. The molecule has 1 aromatic rings. The minimum atomic E-state index is -0.0397. The van der Waals surface area contributed by atoms with E-state index < -0.39 is 0 Å². The number of Topliss-reactive ketones (excluding diaryl/α,β-unsaturated/α-hetero) is 1. The fourth-order valence-electron chi connectivity index (χ4n) is 6.67. The van der Waals surface area contributed by atoms with E-state index in [1.165, 1.54) is 44.1 Å². The van der Waals surface area contributed by atoms with E-state index in [0.717, 1.165) is 25.0 Å². The second kappa shape index (κ2) is 7.02. The van der Waals surface area contributed by atoms with Gasteiger partial charge < -0.3 is 4.74 Å². The Morgan fingerprint density at radius 1 is 1.23 bits per heavy atom. The summed E-state index contributed by atoms with van der Waals surface area (Å²) in [6.45, 7) is 4.58. The summed E-state index contributed by atoms with van der Waals surface area (Å²) in [7, 11) is 1.75. The molecule has 4 rings (SSSR count). The molecular weight excluding hydrogens is 320 g/mol. The van der Waals surface area contributed by atoms with E-state index in [-0.39, 0.29) is 5.41 Å². The molecular formula is C24H34O2. The second-order valence-corrected chi connectivity index (χ2v) is 9.24. The van der Waals surface area contributed by atoms with Crippen LogP contribution < -0.4 is 4.74 Å². The summed E-state index contributed by atoms with van der Waals surface area (Å²) in [6, 6.07) is 6.70. The summed E-state index contributed by atoms with van der Waals surface area (Å²) >= 11 is 0. The molecule has 3 aliphatic carbocycles. The number of hydrogen-bond acceptors (Lipinski definition) is 2. The standard InChI is InChI=1S/C24H34O2/c1-4-5-6-7-17-15-22(25)24(2)13-12-20-19-11-9-18(26-3)14-16(19)8-10-21(20)23(17)24/h9,11,14,17,20-21,23H,4-8,10,12-13,15H2,1-3H3. The maximum absolute atomic E-state index is 13.0.